The topological polar surface area (TPSA) is 115 Å². The highest BCUT2D eigenvalue weighted by Gasteiger charge is 2.56. The number of aromatic nitrogens is 1. The standard InChI is InChI=1S/C27H23F4N3O4S/c1-2-38-24-18(13-22(32)35)12-21(34-23(24)16-5-7-19(28)8-6-16)26(37,27(29,30)31)14-33-25(36)17-4-3-15-9-10-39-20(15)11-17/h3-12,37H,2,13-14H2,1H3,(H2,32,35)(H,33,36)/t26-/m0/s1. The van der Waals surface area contributed by atoms with E-state index in [4.69, 9.17) is 10.5 Å². The van der Waals surface area contributed by atoms with E-state index in [-0.39, 0.29) is 34.7 Å². The fourth-order valence-corrected chi connectivity index (χ4v) is 4.80. The van der Waals surface area contributed by atoms with Gasteiger partial charge in [0.15, 0.2) is 0 Å². The Morgan fingerprint density at radius 1 is 1.10 bits per heavy atom. The molecule has 0 saturated heterocycles. The van der Waals surface area contributed by atoms with Crippen LogP contribution in [0.2, 0.25) is 0 Å². The number of pyridine rings is 1. The Bertz CT molecular complexity index is 1520. The molecule has 0 aliphatic rings. The van der Waals surface area contributed by atoms with Gasteiger partial charge in [-0.15, -0.1) is 11.3 Å². The van der Waals surface area contributed by atoms with Crippen molar-refractivity contribution in [1.29, 1.82) is 0 Å². The maximum Gasteiger partial charge on any atom is 0.424 e. The predicted octanol–water partition coefficient (Wildman–Crippen LogP) is 4.71. The number of nitrogens with one attached hydrogen (secondary N) is 1. The van der Waals surface area contributed by atoms with Crippen molar-refractivity contribution in [1.82, 2.24) is 10.3 Å². The number of primary amides is 1. The van der Waals surface area contributed by atoms with E-state index < -0.39 is 48.1 Å². The number of hydrogen-bond acceptors (Lipinski definition) is 6. The Morgan fingerprint density at radius 3 is 2.46 bits per heavy atom. The van der Waals surface area contributed by atoms with E-state index in [9.17, 15) is 32.3 Å². The number of halogens is 4. The normalized spacial score (nSPS) is 13.2. The highest BCUT2D eigenvalue weighted by Crippen LogP contribution is 2.42. The summed E-state index contributed by atoms with van der Waals surface area (Å²) in [4.78, 5) is 28.6. The van der Waals surface area contributed by atoms with E-state index >= 15 is 0 Å². The van der Waals surface area contributed by atoms with Crippen LogP contribution in [0.15, 0.2) is 60.0 Å². The highest BCUT2D eigenvalue weighted by atomic mass is 32.1. The summed E-state index contributed by atoms with van der Waals surface area (Å²) in [5.41, 5.74) is 0.817. The number of benzene rings is 2. The van der Waals surface area contributed by atoms with Crippen LogP contribution in [0.25, 0.3) is 21.3 Å². The van der Waals surface area contributed by atoms with Gasteiger partial charge in [0.25, 0.3) is 5.91 Å². The zero-order valence-electron chi connectivity index (χ0n) is 20.5. The van der Waals surface area contributed by atoms with E-state index in [0.717, 1.165) is 28.3 Å². The predicted molar refractivity (Wildman–Crippen MR) is 138 cm³/mol. The molecule has 7 nitrogen and oxygen atoms in total. The Kier molecular flexibility index (Phi) is 7.89. The molecule has 0 bridgehead atoms. The lowest BCUT2D eigenvalue weighted by molar-refractivity contribution is -0.265. The molecule has 12 heteroatoms. The van der Waals surface area contributed by atoms with Gasteiger partial charge >= 0.3 is 6.18 Å². The van der Waals surface area contributed by atoms with Crippen molar-refractivity contribution in [2.45, 2.75) is 25.1 Å². The zero-order valence-corrected chi connectivity index (χ0v) is 21.3. The average molecular weight is 562 g/mol. The minimum absolute atomic E-state index is 0.0375. The molecule has 0 saturated carbocycles. The summed E-state index contributed by atoms with van der Waals surface area (Å²) in [6.07, 6.45) is -5.83. The van der Waals surface area contributed by atoms with Gasteiger partial charge < -0.3 is 20.9 Å². The van der Waals surface area contributed by atoms with Crippen molar-refractivity contribution in [3.8, 4) is 17.0 Å². The SMILES string of the molecule is CCOc1c(CC(N)=O)cc([C@@](O)(CNC(=O)c2ccc3ccsc3c2)C(F)(F)F)nc1-c1ccc(F)cc1. The molecule has 0 aliphatic heterocycles. The number of fused-ring (bicyclic) bond motifs is 1. The Balaban J connectivity index is 1.79. The Morgan fingerprint density at radius 2 is 1.82 bits per heavy atom. The molecule has 1 atom stereocenters. The van der Waals surface area contributed by atoms with Gasteiger partial charge in [-0.3, -0.25) is 9.59 Å². The third-order valence-corrected chi connectivity index (χ3v) is 6.82. The molecule has 0 spiro atoms. The van der Waals surface area contributed by atoms with Crippen LogP contribution in [0.1, 0.15) is 28.5 Å². The van der Waals surface area contributed by atoms with Crippen LogP contribution < -0.4 is 15.8 Å². The first-order chi connectivity index (χ1) is 18.4. The van der Waals surface area contributed by atoms with Crippen molar-refractivity contribution < 1.29 is 37.0 Å². The number of aliphatic hydroxyl groups is 1. The second-order valence-corrected chi connectivity index (χ2v) is 9.59. The molecule has 204 valence electrons. The fraction of sp³-hybridized carbons (Fsp3) is 0.222. The van der Waals surface area contributed by atoms with Gasteiger partial charge in [0.05, 0.1) is 25.3 Å². The number of thiophene rings is 1. The lowest BCUT2D eigenvalue weighted by Crippen LogP contribution is -2.51. The van der Waals surface area contributed by atoms with Gasteiger partial charge in [-0.25, -0.2) is 9.37 Å². The van der Waals surface area contributed by atoms with Crippen molar-refractivity contribution in [3.05, 3.63) is 82.6 Å². The number of hydrogen-bond donors (Lipinski definition) is 3. The fourth-order valence-electron chi connectivity index (χ4n) is 3.97. The van der Waals surface area contributed by atoms with Gasteiger partial charge in [0, 0.05) is 21.4 Å². The zero-order chi connectivity index (χ0) is 28.4. The van der Waals surface area contributed by atoms with Crippen LogP contribution in [-0.4, -0.2) is 41.2 Å². The molecule has 0 fully saturated rings. The minimum Gasteiger partial charge on any atom is -0.491 e. The van der Waals surface area contributed by atoms with E-state index in [1.165, 1.54) is 35.6 Å². The van der Waals surface area contributed by atoms with Crippen LogP contribution in [0.3, 0.4) is 0 Å². The van der Waals surface area contributed by atoms with E-state index in [1.807, 2.05) is 11.4 Å². The van der Waals surface area contributed by atoms with Crippen LogP contribution in [0.4, 0.5) is 17.6 Å². The van der Waals surface area contributed by atoms with Gasteiger partial charge in [0.2, 0.25) is 11.5 Å². The van der Waals surface area contributed by atoms with E-state index in [2.05, 4.69) is 10.3 Å². The van der Waals surface area contributed by atoms with Crippen LogP contribution >= 0.6 is 11.3 Å². The molecule has 4 N–H and O–H groups in total. The van der Waals surface area contributed by atoms with E-state index in [0.29, 0.717) is 0 Å². The van der Waals surface area contributed by atoms with Gasteiger partial charge in [-0.05, 0) is 66.2 Å². The number of rotatable bonds is 9. The molecule has 2 heterocycles. The molecule has 0 aliphatic carbocycles. The average Bonchev–Trinajstić information content (AvgIpc) is 3.35. The first kappa shape index (κ1) is 28.0. The highest BCUT2D eigenvalue weighted by molar-refractivity contribution is 7.17. The van der Waals surface area contributed by atoms with Gasteiger partial charge in [-0.1, -0.05) is 6.07 Å². The number of carbonyl (C=O) groups is 2. The molecule has 0 radical (unpaired) electrons. The summed E-state index contributed by atoms with van der Waals surface area (Å²) in [6, 6.07) is 12.1. The van der Waals surface area contributed by atoms with Crippen molar-refractivity contribution in [2.24, 2.45) is 5.73 Å². The second-order valence-electron chi connectivity index (χ2n) is 8.64. The number of ether oxygens (including phenoxy) is 1. The number of carbonyl (C=O) groups excluding carboxylic acids is 2. The number of amides is 2. The van der Waals surface area contributed by atoms with Gasteiger partial charge in [0.1, 0.15) is 17.3 Å². The Labute approximate surface area is 224 Å². The molecule has 4 aromatic rings. The smallest absolute Gasteiger partial charge is 0.424 e. The monoisotopic (exact) mass is 561 g/mol. The van der Waals surface area contributed by atoms with Crippen molar-refractivity contribution >= 4 is 33.2 Å². The first-order valence-corrected chi connectivity index (χ1v) is 12.6. The lowest BCUT2D eigenvalue weighted by atomic mass is 9.93. The quantitative estimate of drug-likeness (QED) is 0.256. The molecule has 2 aromatic carbocycles. The molecular weight excluding hydrogens is 538 g/mol. The number of alkyl halides is 3. The second kappa shape index (κ2) is 11.0. The molecular formula is C27H23F4N3O4S. The summed E-state index contributed by atoms with van der Waals surface area (Å²) in [5.74, 6) is -2.34. The minimum atomic E-state index is -5.30. The maximum absolute atomic E-state index is 14.4. The number of nitrogens with zero attached hydrogens (tertiary/aromatic N) is 1. The molecule has 39 heavy (non-hydrogen) atoms. The third kappa shape index (κ3) is 5.86. The van der Waals surface area contributed by atoms with Crippen molar-refractivity contribution in [3.63, 3.8) is 0 Å². The van der Waals surface area contributed by atoms with Gasteiger partial charge in [-0.2, -0.15) is 13.2 Å². The van der Waals surface area contributed by atoms with Crippen molar-refractivity contribution in [2.75, 3.05) is 13.2 Å². The van der Waals surface area contributed by atoms with Crippen LogP contribution in [0, 0.1) is 5.82 Å². The maximum atomic E-state index is 14.4. The molecule has 2 amide bonds. The van der Waals surface area contributed by atoms with E-state index in [1.54, 1.807) is 13.0 Å². The summed E-state index contributed by atoms with van der Waals surface area (Å²) in [6.45, 7) is 0.401. The third-order valence-electron chi connectivity index (χ3n) is 5.94. The summed E-state index contributed by atoms with van der Waals surface area (Å²) >= 11 is 1.36. The van der Waals surface area contributed by atoms with Crippen LogP contribution in [-0.2, 0) is 16.8 Å². The summed E-state index contributed by atoms with van der Waals surface area (Å²) in [5, 5.41) is 15.9. The summed E-state index contributed by atoms with van der Waals surface area (Å²) in [7, 11) is 0. The largest absolute Gasteiger partial charge is 0.491 e. The molecule has 4 rings (SSSR count). The molecule has 2 aromatic heterocycles. The Hall–Kier alpha value is -4.03. The lowest BCUT2D eigenvalue weighted by Gasteiger charge is -2.31. The van der Waals surface area contributed by atoms with Crippen LogP contribution in [0.5, 0.6) is 5.75 Å². The first-order valence-electron chi connectivity index (χ1n) is 11.7. The molecule has 0 unspecified atom stereocenters. The number of nitrogens with two attached hydrogens (primary N) is 1. The summed E-state index contributed by atoms with van der Waals surface area (Å²) < 4.78 is 63.2.